The fraction of sp³-hybridized carbons (Fsp3) is 0.444. The minimum Gasteiger partial charge on any atom is -0.452 e. The first-order valence-electron chi connectivity index (χ1n) is 8.50. The Morgan fingerprint density at radius 2 is 2.27 bits per heavy atom. The number of esters is 1. The standard InChI is InChI=1S/C18H23N3O5/c1-3-8-19-17(22)12-26-18(23)14-6-7-15(16(10-14)21(24)25)20-9-4-5-13(2)11-20/h3,6-7,10,13H,1,4-5,8-9,11-12H2,2H3,(H,19,22)/t13-/m1/s1. The molecule has 1 atom stereocenters. The average molecular weight is 361 g/mol. The van der Waals surface area contributed by atoms with Crippen molar-refractivity contribution in [3.05, 3.63) is 46.5 Å². The van der Waals surface area contributed by atoms with E-state index in [4.69, 9.17) is 4.74 Å². The summed E-state index contributed by atoms with van der Waals surface area (Å²) in [5.41, 5.74) is 0.411. The van der Waals surface area contributed by atoms with Crippen molar-refractivity contribution < 1.29 is 19.2 Å². The first-order valence-corrected chi connectivity index (χ1v) is 8.50. The molecule has 1 saturated heterocycles. The van der Waals surface area contributed by atoms with Gasteiger partial charge in [0.15, 0.2) is 6.61 Å². The van der Waals surface area contributed by atoms with E-state index in [1.54, 1.807) is 6.07 Å². The zero-order valence-electron chi connectivity index (χ0n) is 14.8. The van der Waals surface area contributed by atoms with Gasteiger partial charge in [0.2, 0.25) is 0 Å². The molecule has 1 amide bonds. The van der Waals surface area contributed by atoms with Gasteiger partial charge < -0.3 is 15.0 Å². The van der Waals surface area contributed by atoms with E-state index < -0.39 is 23.4 Å². The van der Waals surface area contributed by atoms with Crippen molar-refractivity contribution in [2.45, 2.75) is 19.8 Å². The Bertz CT molecular complexity index is 704. The Morgan fingerprint density at radius 3 is 2.92 bits per heavy atom. The molecule has 0 unspecified atom stereocenters. The molecule has 0 saturated carbocycles. The number of carbonyl (C=O) groups is 2. The molecular formula is C18H23N3O5. The van der Waals surface area contributed by atoms with Crippen molar-refractivity contribution in [2.24, 2.45) is 5.92 Å². The van der Waals surface area contributed by atoms with E-state index in [0.29, 0.717) is 11.6 Å². The lowest BCUT2D eigenvalue weighted by molar-refractivity contribution is -0.384. The number of hydrogen-bond acceptors (Lipinski definition) is 6. The molecule has 8 nitrogen and oxygen atoms in total. The predicted molar refractivity (Wildman–Crippen MR) is 97.2 cm³/mol. The number of piperidine rings is 1. The summed E-state index contributed by atoms with van der Waals surface area (Å²) in [5.74, 6) is -0.783. The minimum absolute atomic E-state index is 0.0435. The summed E-state index contributed by atoms with van der Waals surface area (Å²) in [6, 6.07) is 4.27. The fourth-order valence-electron chi connectivity index (χ4n) is 2.92. The lowest BCUT2D eigenvalue weighted by atomic mass is 9.99. The molecule has 0 bridgehead atoms. The van der Waals surface area contributed by atoms with Crippen molar-refractivity contribution in [1.82, 2.24) is 5.32 Å². The molecule has 1 heterocycles. The molecule has 140 valence electrons. The van der Waals surface area contributed by atoms with Gasteiger partial charge in [-0.15, -0.1) is 6.58 Å². The van der Waals surface area contributed by atoms with Gasteiger partial charge in [0.1, 0.15) is 5.69 Å². The van der Waals surface area contributed by atoms with Gasteiger partial charge in [0, 0.05) is 25.7 Å². The summed E-state index contributed by atoms with van der Waals surface area (Å²) in [7, 11) is 0. The third-order valence-electron chi connectivity index (χ3n) is 4.18. The van der Waals surface area contributed by atoms with E-state index in [1.165, 1.54) is 18.2 Å². The number of ether oxygens (including phenoxy) is 1. The van der Waals surface area contributed by atoms with Gasteiger partial charge in [0.25, 0.3) is 11.6 Å². The molecule has 1 N–H and O–H groups in total. The molecule has 8 heteroatoms. The third kappa shape index (κ3) is 5.05. The van der Waals surface area contributed by atoms with Crippen LogP contribution in [0, 0.1) is 16.0 Å². The van der Waals surface area contributed by atoms with E-state index in [2.05, 4.69) is 18.8 Å². The normalized spacial score (nSPS) is 16.7. The number of nitrogens with one attached hydrogen (secondary N) is 1. The third-order valence-corrected chi connectivity index (χ3v) is 4.18. The van der Waals surface area contributed by atoms with Gasteiger partial charge in [-0.2, -0.15) is 0 Å². The molecule has 0 spiro atoms. The zero-order valence-corrected chi connectivity index (χ0v) is 14.8. The molecule has 26 heavy (non-hydrogen) atoms. The van der Waals surface area contributed by atoms with Crippen LogP contribution in [0.25, 0.3) is 0 Å². The summed E-state index contributed by atoms with van der Waals surface area (Å²) in [6.45, 7) is 6.88. The molecule has 1 aliphatic rings. The highest BCUT2D eigenvalue weighted by Crippen LogP contribution is 2.32. The summed E-state index contributed by atoms with van der Waals surface area (Å²) >= 11 is 0. The van der Waals surface area contributed by atoms with Crippen molar-refractivity contribution in [2.75, 3.05) is 31.1 Å². The number of nitro benzene ring substituents is 1. The van der Waals surface area contributed by atoms with Crippen molar-refractivity contribution >= 4 is 23.3 Å². The van der Waals surface area contributed by atoms with E-state index in [1.807, 2.05) is 4.90 Å². The second kappa shape index (κ2) is 8.98. The lowest BCUT2D eigenvalue weighted by Crippen LogP contribution is -2.34. The largest absolute Gasteiger partial charge is 0.452 e. The summed E-state index contributed by atoms with van der Waals surface area (Å²) in [6.07, 6.45) is 3.58. The van der Waals surface area contributed by atoms with Crippen LogP contribution < -0.4 is 10.2 Å². The molecule has 1 aromatic rings. The number of anilines is 1. The van der Waals surface area contributed by atoms with Gasteiger partial charge in [-0.3, -0.25) is 14.9 Å². The number of benzene rings is 1. The molecule has 1 aliphatic heterocycles. The second-order valence-electron chi connectivity index (χ2n) is 6.32. The molecule has 0 aromatic heterocycles. The SMILES string of the molecule is C=CCNC(=O)COC(=O)c1ccc(N2CCC[C@@H](C)C2)c([N+](=O)[O-])c1. The topological polar surface area (TPSA) is 102 Å². The Labute approximate surface area is 152 Å². The Morgan fingerprint density at radius 1 is 1.50 bits per heavy atom. The number of amides is 1. The van der Waals surface area contributed by atoms with E-state index in [-0.39, 0.29) is 17.8 Å². The van der Waals surface area contributed by atoms with Crippen LogP contribution in [0.3, 0.4) is 0 Å². The van der Waals surface area contributed by atoms with Gasteiger partial charge in [0.05, 0.1) is 10.5 Å². The van der Waals surface area contributed by atoms with Crippen LogP contribution in [-0.4, -0.2) is 43.0 Å². The first-order chi connectivity index (χ1) is 12.4. The quantitative estimate of drug-likeness (QED) is 0.346. The molecule has 1 aromatic carbocycles. The molecule has 2 rings (SSSR count). The maximum absolute atomic E-state index is 12.1. The number of rotatable bonds is 7. The first kappa shape index (κ1) is 19.4. The average Bonchev–Trinajstić information content (AvgIpc) is 2.63. The highest BCUT2D eigenvalue weighted by molar-refractivity contribution is 5.93. The fourth-order valence-corrected chi connectivity index (χ4v) is 2.92. The molecular weight excluding hydrogens is 338 g/mol. The number of hydrogen-bond donors (Lipinski definition) is 1. The van der Waals surface area contributed by atoms with Crippen molar-refractivity contribution in [1.29, 1.82) is 0 Å². The predicted octanol–water partition coefficient (Wildman–Crippen LogP) is 2.29. The van der Waals surface area contributed by atoms with E-state index >= 15 is 0 Å². The Kier molecular flexibility index (Phi) is 6.71. The number of carbonyl (C=O) groups excluding carboxylic acids is 2. The smallest absolute Gasteiger partial charge is 0.338 e. The minimum atomic E-state index is -0.777. The summed E-state index contributed by atoms with van der Waals surface area (Å²) in [4.78, 5) is 36.5. The van der Waals surface area contributed by atoms with Crippen molar-refractivity contribution in [3.8, 4) is 0 Å². The summed E-state index contributed by atoms with van der Waals surface area (Å²) in [5, 5.41) is 13.9. The second-order valence-corrected chi connectivity index (χ2v) is 6.32. The highest BCUT2D eigenvalue weighted by atomic mass is 16.6. The molecule has 0 radical (unpaired) electrons. The maximum Gasteiger partial charge on any atom is 0.338 e. The van der Waals surface area contributed by atoms with Crippen LogP contribution in [0.2, 0.25) is 0 Å². The monoisotopic (exact) mass is 361 g/mol. The van der Waals surface area contributed by atoms with E-state index in [9.17, 15) is 19.7 Å². The molecule has 0 aliphatic carbocycles. The lowest BCUT2D eigenvalue weighted by Gasteiger charge is -2.32. The number of nitro groups is 1. The van der Waals surface area contributed by atoms with E-state index in [0.717, 1.165) is 25.9 Å². The maximum atomic E-state index is 12.1. The van der Waals surface area contributed by atoms with Crippen molar-refractivity contribution in [3.63, 3.8) is 0 Å². The summed E-state index contributed by atoms with van der Waals surface area (Å²) < 4.78 is 4.90. The van der Waals surface area contributed by atoms with Gasteiger partial charge in [-0.1, -0.05) is 13.0 Å². The van der Waals surface area contributed by atoms with Crippen LogP contribution in [0.15, 0.2) is 30.9 Å². The Balaban J connectivity index is 2.11. The van der Waals surface area contributed by atoms with Gasteiger partial charge in [-0.25, -0.2) is 4.79 Å². The van der Waals surface area contributed by atoms with Gasteiger partial charge in [-0.05, 0) is 30.9 Å². The van der Waals surface area contributed by atoms with Crippen LogP contribution in [0.5, 0.6) is 0 Å². The van der Waals surface area contributed by atoms with Crippen LogP contribution in [-0.2, 0) is 9.53 Å². The molecule has 1 fully saturated rings. The van der Waals surface area contributed by atoms with Crippen LogP contribution in [0.4, 0.5) is 11.4 Å². The highest BCUT2D eigenvalue weighted by Gasteiger charge is 2.25. The van der Waals surface area contributed by atoms with Gasteiger partial charge >= 0.3 is 5.97 Å². The van der Waals surface area contributed by atoms with Crippen LogP contribution >= 0.6 is 0 Å². The number of nitrogens with zero attached hydrogens (tertiary/aromatic N) is 2. The van der Waals surface area contributed by atoms with Crippen LogP contribution in [0.1, 0.15) is 30.1 Å². The zero-order chi connectivity index (χ0) is 19.1. The Hall–Kier alpha value is -2.90.